The molecule has 0 unspecified atom stereocenters. The fourth-order valence-corrected chi connectivity index (χ4v) is 2.23. The average Bonchev–Trinajstić information content (AvgIpc) is 2.38. The van der Waals surface area contributed by atoms with E-state index in [9.17, 15) is 0 Å². The summed E-state index contributed by atoms with van der Waals surface area (Å²) in [7, 11) is 1.74. The number of piperidine rings is 1. The van der Waals surface area contributed by atoms with Gasteiger partial charge in [-0.25, -0.2) is 4.98 Å². The maximum atomic E-state index is 8.89. The van der Waals surface area contributed by atoms with Gasteiger partial charge in [-0.05, 0) is 25.0 Å². The zero-order valence-corrected chi connectivity index (χ0v) is 10.4. The van der Waals surface area contributed by atoms with Crippen molar-refractivity contribution >= 4 is 17.4 Å². The van der Waals surface area contributed by atoms with E-state index in [1.54, 1.807) is 19.2 Å². The van der Waals surface area contributed by atoms with Crippen LogP contribution in [0.5, 0.6) is 0 Å². The molecular formula is C12H14ClN3O. The summed E-state index contributed by atoms with van der Waals surface area (Å²) in [6, 6.07) is 5.44. The van der Waals surface area contributed by atoms with Gasteiger partial charge in [-0.15, -0.1) is 0 Å². The second-order valence-corrected chi connectivity index (χ2v) is 4.46. The number of nitriles is 1. The number of anilines is 1. The molecule has 1 fully saturated rings. The van der Waals surface area contributed by atoms with E-state index < -0.39 is 0 Å². The summed E-state index contributed by atoms with van der Waals surface area (Å²) >= 11 is 5.89. The van der Waals surface area contributed by atoms with Crippen LogP contribution < -0.4 is 4.90 Å². The van der Waals surface area contributed by atoms with Crippen molar-refractivity contribution in [1.82, 2.24) is 4.98 Å². The Hall–Kier alpha value is -1.31. The van der Waals surface area contributed by atoms with E-state index in [4.69, 9.17) is 21.6 Å². The maximum Gasteiger partial charge on any atom is 0.132 e. The Morgan fingerprint density at radius 2 is 2.18 bits per heavy atom. The third-order valence-electron chi connectivity index (χ3n) is 3.01. The van der Waals surface area contributed by atoms with E-state index in [0.717, 1.165) is 31.7 Å². The molecular weight excluding hydrogens is 238 g/mol. The van der Waals surface area contributed by atoms with Crippen LogP contribution in [-0.2, 0) is 4.74 Å². The van der Waals surface area contributed by atoms with Gasteiger partial charge in [0.2, 0.25) is 0 Å². The molecule has 1 saturated heterocycles. The average molecular weight is 252 g/mol. The monoisotopic (exact) mass is 251 g/mol. The Balaban J connectivity index is 2.13. The second-order valence-electron chi connectivity index (χ2n) is 4.07. The number of nitrogens with zero attached hydrogens (tertiary/aromatic N) is 3. The number of hydrogen-bond donors (Lipinski definition) is 0. The highest BCUT2D eigenvalue weighted by atomic mass is 35.5. The summed E-state index contributed by atoms with van der Waals surface area (Å²) in [5, 5.41) is 9.26. The summed E-state index contributed by atoms with van der Waals surface area (Å²) in [5.74, 6) is 0.781. The van der Waals surface area contributed by atoms with Crippen LogP contribution in [0.25, 0.3) is 0 Å². The van der Waals surface area contributed by atoms with E-state index in [1.807, 2.05) is 0 Å². The van der Waals surface area contributed by atoms with Crippen LogP contribution in [0.3, 0.4) is 0 Å². The molecule has 1 aliphatic heterocycles. The van der Waals surface area contributed by atoms with Crippen LogP contribution in [0.2, 0.25) is 5.15 Å². The Morgan fingerprint density at radius 1 is 1.47 bits per heavy atom. The van der Waals surface area contributed by atoms with Crippen molar-refractivity contribution in [3.63, 3.8) is 0 Å². The summed E-state index contributed by atoms with van der Waals surface area (Å²) in [6.45, 7) is 1.77. The predicted molar refractivity (Wildman–Crippen MR) is 66.2 cm³/mol. The first kappa shape index (κ1) is 12.2. The smallest absolute Gasteiger partial charge is 0.132 e. The van der Waals surface area contributed by atoms with Crippen LogP contribution in [-0.4, -0.2) is 31.3 Å². The van der Waals surface area contributed by atoms with Gasteiger partial charge in [0.25, 0.3) is 0 Å². The molecule has 5 heteroatoms. The molecule has 0 radical (unpaired) electrons. The number of pyridine rings is 1. The number of methoxy groups -OCH3 is 1. The first-order chi connectivity index (χ1) is 8.22. The lowest BCUT2D eigenvalue weighted by Gasteiger charge is -2.32. The van der Waals surface area contributed by atoms with Crippen molar-refractivity contribution in [3.05, 3.63) is 22.8 Å². The predicted octanol–water partition coefficient (Wildman–Crippen LogP) is 2.22. The van der Waals surface area contributed by atoms with E-state index >= 15 is 0 Å². The Morgan fingerprint density at radius 3 is 2.76 bits per heavy atom. The molecule has 0 saturated carbocycles. The SMILES string of the molecule is COC1CCN(c2cc(C#N)cc(Cl)n2)CC1. The highest BCUT2D eigenvalue weighted by Gasteiger charge is 2.20. The van der Waals surface area contributed by atoms with Crippen molar-refractivity contribution < 1.29 is 4.74 Å². The second kappa shape index (κ2) is 5.35. The lowest BCUT2D eigenvalue weighted by Crippen LogP contribution is -2.37. The molecule has 1 aromatic heterocycles. The molecule has 1 aromatic rings. The van der Waals surface area contributed by atoms with Gasteiger partial charge in [0, 0.05) is 20.2 Å². The van der Waals surface area contributed by atoms with Crippen LogP contribution in [0.1, 0.15) is 18.4 Å². The molecule has 0 amide bonds. The topological polar surface area (TPSA) is 49.1 Å². The van der Waals surface area contributed by atoms with E-state index in [-0.39, 0.29) is 0 Å². The minimum Gasteiger partial charge on any atom is -0.381 e. The van der Waals surface area contributed by atoms with Gasteiger partial charge in [-0.3, -0.25) is 0 Å². The van der Waals surface area contributed by atoms with Gasteiger partial charge in [0.1, 0.15) is 11.0 Å². The van der Waals surface area contributed by atoms with Gasteiger partial charge in [0.05, 0.1) is 17.7 Å². The quantitative estimate of drug-likeness (QED) is 0.757. The lowest BCUT2D eigenvalue weighted by molar-refractivity contribution is 0.0818. The molecule has 2 heterocycles. The van der Waals surface area contributed by atoms with Crippen LogP contribution >= 0.6 is 11.6 Å². The largest absolute Gasteiger partial charge is 0.381 e. The Kier molecular flexibility index (Phi) is 3.82. The fraction of sp³-hybridized carbons (Fsp3) is 0.500. The third kappa shape index (κ3) is 2.87. The number of hydrogen-bond acceptors (Lipinski definition) is 4. The van der Waals surface area contributed by atoms with Gasteiger partial charge in [-0.1, -0.05) is 11.6 Å². The molecule has 0 atom stereocenters. The van der Waals surface area contributed by atoms with Crippen molar-refractivity contribution in [2.24, 2.45) is 0 Å². The summed E-state index contributed by atoms with van der Waals surface area (Å²) in [6.07, 6.45) is 2.29. The molecule has 1 aliphatic rings. The molecule has 0 bridgehead atoms. The Bertz CT molecular complexity index is 436. The summed E-state index contributed by atoms with van der Waals surface area (Å²) in [4.78, 5) is 6.40. The number of rotatable bonds is 2. The lowest BCUT2D eigenvalue weighted by atomic mass is 10.1. The highest BCUT2D eigenvalue weighted by Crippen LogP contribution is 2.22. The van der Waals surface area contributed by atoms with Gasteiger partial charge in [0.15, 0.2) is 0 Å². The molecule has 0 N–H and O–H groups in total. The molecule has 0 spiro atoms. The summed E-state index contributed by atoms with van der Waals surface area (Å²) in [5.41, 5.74) is 0.550. The molecule has 0 aromatic carbocycles. The van der Waals surface area contributed by atoms with Crippen LogP contribution in [0, 0.1) is 11.3 Å². The maximum absolute atomic E-state index is 8.89. The molecule has 4 nitrogen and oxygen atoms in total. The first-order valence-electron chi connectivity index (χ1n) is 5.58. The van der Waals surface area contributed by atoms with E-state index in [2.05, 4.69) is 16.0 Å². The number of halogens is 1. The summed E-state index contributed by atoms with van der Waals surface area (Å²) < 4.78 is 5.32. The molecule has 2 rings (SSSR count). The van der Waals surface area contributed by atoms with Gasteiger partial charge in [-0.2, -0.15) is 5.26 Å². The Labute approximate surface area is 106 Å². The first-order valence-corrected chi connectivity index (χ1v) is 5.96. The van der Waals surface area contributed by atoms with Crippen LogP contribution in [0.4, 0.5) is 5.82 Å². The molecule has 17 heavy (non-hydrogen) atoms. The van der Waals surface area contributed by atoms with Gasteiger partial charge < -0.3 is 9.64 Å². The van der Waals surface area contributed by atoms with Crippen LogP contribution in [0.15, 0.2) is 12.1 Å². The third-order valence-corrected chi connectivity index (χ3v) is 3.20. The van der Waals surface area contributed by atoms with Crippen molar-refractivity contribution in [2.45, 2.75) is 18.9 Å². The fourth-order valence-electron chi connectivity index (χ4n) is 2.03. The normalized spacial score (nSPS) is 16.9. The van der Waals surface area contributed by atoms with E-state index in [1.165, 1.54) is 0 Å². The molecule has 90 valence electrons. The standard InChI is InChI=1S/C12H14ClN3O/c1-17-10-2-4-16(5-3-10)12-7-9(8-14)6-11(13)15-12/h6-7,10H,2-5H2,1H3. The zero-order chi connectivity index (χ0) is 12.3. The zero-order valence-electron chi connectivity index (χ0n) is 9.69. The molecule has 0 aliphatic carbocycles. The van der Waals surface area contributed by atoms with Crippen molar-refractivity contribution in [3.8, 4) is 6.07 Å². The van der Waals surface area contributed by atoms with Crippen molar-refractivity contribution in [2.75, 3.05) is 25.1 Å². The van der Waals surface area contributed by atoms with E-state index in [0.29, 0.717) is 16.8 Å². The highest BCUT2D eigenvalue weighted by molar-refractivity contribution is 6.29. The van der Waals surface area contributed by atoms with Crippen molar-refractivity contribution in [1.29, 1.82) is 5.26 Å². The van der Waals surface area contributed by atoms with Gasteiger partial charge >= 0.3 is 0 Å². The number of aromatic nitrogens is 1. The number of ether oxygens (including phenoxy) is 1. The minimum absolute atomic E-state index is 0.334. The minimum atomic E-state index is 0.334.